The highest BCUT2D eigenvalue weighted by atomic mass is 32.2. The van der Waals surface area contributed by atoms with Gasteiger partial charge in [0.25, 0.3) is 0 Å². The van der Waals surface area contributed by atoms with Crippen LogP contribution in [0.2, 0.25) is 0 Å². The number of rotatable bonds is 7. The maximum atomic E-state index is 12.3. The monoisotopic (exact) mass is 412 g/mol. The van der Waals surface area contributed by atoms with Gasteiger partial charge in [-0.2, -0.15) is 0 Å². The molecule has 0 aliphatic rings. The first-order valence-corrected chi connectivity index (χ1v) is 10.4. The first-order chi connectivity index (χ1) is 13.5. The molecule has 2 N–H and O–H groups in total. The van der Waals surface area contributed by atoms with Gasteiger partial charge in [0.05, 0.1) is 11.7 Å². The van der Waals surface area contributed by atoms with E-state index in [1.54, 1.807) is 0 Å². The van der Waals surface area contributed by atoms with Crippen molar-refractivity contribution in [1.29, 1.82) is 0 Å². The molecule has 0 saturated carbocycles. The van der Waals surface area contributed by atoms with Crippen LogP contribution < -0.4 is 10.6 Å². The summed E-state index contributed by atoms with van der Waals surface area (Å²) in [5, 5.41) is 14.5. The van der Waals surface area contributed by atoms with E-state index in [9.17, 15) is 9.59 Å². The molecule has 1 atom stereocenters. The van der Waals surface area contributed by atoms with E-state index < -0.39 is 0 Å². The van der Waals surface area contributed by atoms with Crippen molar-refractivity contribution in [2.45, 2.75) is 30.4 Å². The Hall–Kier alpha value is -2.71. The lowest BCUT2D eigenvalue weighted by Gasteiger charge is -2.12. The van der Waals surface area contributed by atoms with Crippen LogP contribution in [0.15, 0.2) is 59.5 Å². The molecule has 3 aromatic rings. The molecule has 6 nitrogen and oxygen atoms in total. The van der Waals surface area contributed by atoms with Gasteiger partial charge in [-0.3, -0.25) is 14.9 Å². The minimum Gasteiger partial charge on any atom is -0.326 e. The van der Waals surface area contributed by atoms with Crippen LogP contribution in [0.25, 0.3) is 0 Å². The highest BCUT2D eigenvalue weighted by Crippen LogP contribution is 2.27. The van der Waals surface area contributed by atoms with Crippen LogP contribution >= 0.6 is 23.1 Å². The summed E-state index contributed by atoms with van der Waals surface area (Å²) in [6.45, 7) is 3.66. The van der Waals surface area contributed by atoms with Crippen LogP contribution in [0.4, 0.5) is 10.8 Å². The number of aryl methyl sites for hydroxylation is 1. The molecule has 0 fully saturated rings. The number of nitrogens with one attached hydrogen (secondary N) is 2. The number of anilines is 2. The van der Waals surface area contributed by atoms with Crippen molar-refractivity contribution in [3.63, 3.8) is 0 Å². The SMILES string of the molecule is Cc1nnc(NC(=O)C(C)Sc2cccc(NC(=O)Cc3ccccc3)c2)s1. The molecule has 1 aromatic heterocycles. The number of aromatic nitrogens is 2. The van der Waals surface area contributed by atoms with Crippen molar-refractivity contribution in [2.24, 2.45) is 0 Å². The van der Waals surface area contributed by atoms with Gasteiger partial charge in [-0.15, -0.1) is 22.0 Å². The highest BCUT2D eigenvalue weighted by Gasteiger charge is 2.16. The van der Waals surface area contributed by atoms with E-state index in [1.165, 1.54) is 23.1 Å². The molecule has 28 heavy (non-hydrogen) atoms. The molecule has 0 aliphatic carbocycles. The predicted octanol–water partition coefficient (Wildman–Crippen LogP) is 4.15. The van der Waals surface area contributed by atoms with Crippen LogP contribution in [0.3, 0.4) is 0 Å². The first kappa shape index (κ1) is 20.0. The van der Waals surface area contributed by atoms with Gasteiger partial charge in [0.15, 0.2) is 0 Å². The fourth-order valence-electron chi connectivity index (χ4n) is 2.45. The molecule has 0 aliphatic heterocycles. The van der Waals surface area contributed by atoms with Crippen molar-refractivity contribution in [1.82, 2.24) is 10.2 Å². The topological polar surface area (TPSA) is 84.0 Å². The summed E-state index contributed by atoms with van der Waals surface area (Å²) in [6.07, 6.45) is 0.318. The summed E-state index contributed by atoms with van der Waals surface area (Å²) in [6, 6.07) is 17.1. The van der Waals surface area contributed by atoms with Crippen LogP contribution in [-0.2, 0) is 16.0 Å². The average Bonchev–Trinajstić information content (AvgIpc) is 3.07. The number of hydrogen-bond donors (Lipinski definition) is 2. The van der Waals surface area contributed by atoms with E-state index >= 15 is 0 Å². The molecular formula is C20H20N4O2S2. The van der Waals surface area contributed by atoms with Crippen LogP contribution in [0.1, 0.15) is 17.5 Å². The number of carbonyl (C=O) groups excluding carboxylic acids is 2. The Morgan fingerprint density at radius 3 is 2.57 bits per heavy atom. The summed E-state index contributed by atoms with van der Waals surface area (Å²) in [5.74, 6) is -0.217. The van der Waals surface area contributed by atoms with Crippen molar-refractivity contribution >= 4 is 45.7 Å². The van der Waals surface area contributed by atoms with Gasteiger partial charge < -0.3 is 5.32 Å². The number of nitrogens with zero attached hydrogens (tertiary/aromatic N) is 2. The second-order valence-electron chi connectivity index (χ2n) is 6.11. The Morgan fingerprint density at radius 1 is 1.07 bits per heavy atom. The molecule has 0 radical (unpaired) electrons. The van der Waals surface area contributed by atoms with Gasteiger partial charge in [0, 0.05) is 10.6 Å². The third-order valence-corrected chi connectivity index (χ3v) is 5.61. The second-order valence-corrected chi connectivity index (χ2v) is 8.71. The van der Waals surface area contributed by atoms with Gasteiger partial charge in [-0.25, -0.2) is 0 Å². The highest BCUT2D eigenvalue weighted by molar-refractivity contribution is 8.00. The molecule has 144 valence electrons. The standard InChI is InChI=1S/C20H20N4O2S2/c1-13(19(26)22-20-24-23-14(2)28-20)27-17-10-6-9-16(12-17)21-18(25)11-15-7-4-3-5-8-15/h3-10,12-13H,11H2,1-2H3,(H,21,25)(H,22,24,26). The van der Waals surface area contributed by atoms with Crippen LogP contribution in [0.5, 0.6) is 0 Å². The molecule has 3 rings (SSSR count). The summed E-state index contributed by atoms with van der Waals surface area (Å²) >= 11 is 2.75. The summed E-state index contributed by atoms with van der Waals surface area (Å²) in [5.41, 5.74) is 1.67. The smallest absolute Gasteiger partial charge is 0.239 e. The lowest BCUT2D eigenvalue weighted by molar-refractivity contribution is -0.116. The minimum atomic E-state index is -0.320. The summed E-state index contributed by atoms with van der Waals surface area (Å²) in [7, 11) is 0. The van der Waals surface area contributed by atoms with Crippen molar-refractivity contribution in [3.05, 3.63) is 65.2 Å². The third kappa shape index (κ3) is 5.90. The molecule has 2 aromatic carbocycles. The van der Waals surface area contributed by atoms with E-state index in [-0.39, 0.29) is 17.1 Å². The minimum absolute atomic E-state index is 0.0780. The van der Waals surface area contributed by atoms with Crippen LogP contribution in [-0.4, -0.2) is 27.3 Å². The zero-order valence-corrected chi connectivity index (χ0v) is 17.1. The van der Waals surface area contributed by atoms with Crippen molar-refractivity contribution in [2.75, 3.05) is 10.6 Å². The molecule has 1 unspecified atom stereocenters. The number of carbonyl (C=O) groups is 2. The number of benzene rings is 2. The van der Waals surface area contributed by atoms with Crippen LogP contribution in [0, 0.1) is 6.92 Å². The van der Waals surface area contributed by atoms with Crippen molar-refractivity contribution in [3.8, 4) is 0 Å². The normalized spacial score (nSPS) is 11.6. The van der Waals surface area contributed by atoms with E-state index in [0.717, 1.165) is 15.5 Å². The van der Waals surface area contributed by atoms with Gasteiger partial charge in [0.2, 0.25) is 16.9 Å². The molecule has 1 heterocycles. The Morgan fingerprint density at radius 2 is 1.86 bits per heavy atom. The van der Waals surface area contributed by atoms with Gasteiger partial charge >= 0.3 is 0 Å². The largest absolute Gasteiger partial charge is 0.326 e. The number of amides is 2. The van der Waals surface area contributed by atoms with E-state index in [2.05, 4.69) is 20.8 Å². The maximum absolute atomic E-state index is 12.3. The van der Waals surface area contributed by atoms with E-state index in [0.29, 0.717) is 17.2 Å². The van der Waals surface area contributed by atoms with Crippen molar-refractivity contribution < 1.29 is 9.59 Å². The lowest BCUT2D eigenvalue weighted by atomic mass is 10.1. The van der Waals surface area contributed by atoms with Gasteiger partial charge in [-0.1, -0.05) is 47.7 Å². The molecule has 0 saturated heterocycles. The molecule has 0 spiro atoms. The first-order valence-electron chi connectivity index (χ1n) is 8.71. The Bertz CT molecular complexity index is 960. The zero-order valence-electron chi connectivity index (χ0n) is 15.5. The average molecular weight is 413 g/mol. The lowest BCUT2D eigenvalue weighted by Crippen LogP contribution is -2.22. The fourth-order valence-corrected chi connectivity index (χ4v) is 3.97. The number of hydrogen-bond acceptors (Lipinski definition) is 6. The molecule has 0 bridgehead atoms. The second kappa shape index (κ2) is 9.48. The van der Waals surface area contributed by atoms with Gasteiger partial charge in [-0.05, 0) is 37.6 Å². The van der Waals surface area contributed by atoms with E-state index in [1.807, 2.05) is 68.4 Å². The molecule has 2 amide bonds. The Labute approximate surface area is 171 Å². The predicted molar refractivity (Wildman–Crippen MR) is 114 cm³/mol. The summed E-state index contributed by atoms with van der Waals surface area (Å²) in [4.78, 5) is 25.5. The quantitative estimate of drug-likeness (QED) is 0.570. The zero-order chi connectivity index (χ0) is 19.9. The third-order valence-electron chi connectivity index (χ3n) is 3.76. The van der Waals surface area contributed by atoms with Gasteiger partial charge in [0.1, 0.15) is 5.01 Å². The fraction of sp³-hybridized carbons (Fsp3) is 0.200. The Kier molecular flexibility index (Phi) is 6.78. The Balaban J connectivity index is 1.56. The molecular weight excluding hydrogens is 392 g/mol. The molecule has 8 heteroatoms. The number of thioether (sulfide) groups is 1. The summed E-state index contributed by atoms with van der Waals surface area (Å²) < 4.78 is 0. The maximum Gasteiger partial charge on any atom is 0.239 e. The van der Waals surface area contributed by atoms with E-state index in [4.69, 9.17) is 0 Å².